The van der Waals surface area contributed by atoms with Crippen molar-refractivity contribution in [3.05, 3.63) is 59.8 Å². The van der Waals surface area contributed by atoms with Crippen LogP contribution in [-0.4, -0.2) is 36.1 Å². The lowest BCUT2D eigenvalue weighted by Gasteiger charge is -2.29. The van der Waals surface area contributed by atoms with E-state index in [-0.39, 0.29) is 0 Å². The van der Waals surface area contributed by atoms with E-state index in [1.165, 1.54) is 30.4 Å². The Balaban J connectivity index is 1.42. The first kappa shape index (κ1) is 17.1. The van der Waals surface area contributed by atoms with Gasteiger partial charge >= 0.3 is 0 Å². The highest BCUT2D eigenvalue weighted by molar-refractivity contribution is 5.65. The Kier molecular flexibility index (Phi) is 5.21. The van der Waals surface area contributed by atoms with E-state index < -0.39 is 0 Å². The Hall–Kier alpha value is -2.33. The summed E-state index contributed by atoms with van der Waals surface area (Å²) in [5.41, 5.74) is 10.6. The highest BCUT2D eigenvalue weighted by Crippen LogP contribution is 2.25. The zero-order chi connectivity index (χ0) is 17.8. The monoisotopic (exact) mass is 348 g/mol. The molecule has 136 valence electrons. The molecule has 26 heavy (non-hydrogen) atoms. The molecule has 1 fully saturated rings. The molecular weight excluding hydrogens is 320 g/mol. The van der Waals surface area contributed by atoms with Crippen LogP contribution in [0.5, 0.6) is 0 Å². The molecule has 0 atom stereocenters. The predicted octanol–water partition coefficient (Wildman–Crippen LogP) is 3.94. The van der Waals surface area contributed by atoms with Gasteiger partial charge in [-0.15, -0.1) is 0 Å². The second-order valence-electron chi connectivity index (χ2n) is 7.39. The third kappa shape index (κ3) is 4.07. The molecule has 2 aliphatic rings. The number of benzene rings is 1. The molecule has 1 aromatic carbocycles. The van der Waals surface area contributed by atoms with E-state index in [9.17, 15) is 0 Å². The average molecular weight is 348 g/mol. The third-order valence-corrected chi connectivity index (χ3v) is 5.39. The van der Waals surface area contributed by atoms with E-state index in [0.29, 0.717) is 0 Å². The maximum absolute atomic E-state index is 5.89. The summed E-state index contributed by atoms with van der Waals surface area (Å²) in [5.74, 6) is 1.14. The van der Waals surface area contributed by atoms with E-state index >= 15 is 0 Å². The summed E-state index contributed by atoms with van der Waals surface area (Å²) in [6, 6.07) is 14.7. The van der Waals surface area contributed by atoms with Crippen molar-refractivity contribution in [3.63, 3.8) is 0 Å². The van der Waals surface area contributed by atoms with Crippen LogP contribution in [0.4, 0.5) is 11.5 Å². The molecule has 0 spiro atoms. The van der Waals surface area contributed by atoms with Gasteiger partial charge < -0.3 is 10.6 Å². The molecule has 0 unspecified atom stereocenters. The average Bonchev–Trinajstić information content (AvgIpc) is 2.69. The second-order valence-corrected chi connectivity index (χ2v) is 7.39. The zero-order valence-corrected chi connectivity index (χ0v) is 15.4. The lowest BCUT2D eigenvalue weighted by atomic mass is 10.0. The van der Waals surface area contributed by atoms with E-state index in [4.69, 9.17) is 10.7 Å². The van der Waals surface area contributed by atoms with E-state index in [0.717, 1.165) is 56.3 Å². The number of hydrogen-bond donors (Lipinski definition) is 1. The van der Waals surface area contributed by atoms with Crippen molar-refractivity contribution < 1.29 is 0 Å². The van der Waals surface area contributed by atoms with Gasteiger partial charge in [0.15, 0.2) is 0 Å². The molecule has 0 amide bonds. The van der Waals surface area contributed by atoms with Crippen LogP contribution < -0.4 is 10.6 Å². The molecule has 2 N–H and O–H groups in total. The number of rotatable bonds is 4. The molecule has 2 aliphatic heterocycles. The number of anilines is 2. The number of piperidine rings is 1. The maximum Gasteiger partial charge on any atom is 0.129 e. The zero-order valence-electron chi connectivity index (χ0n) is 15.4. The van der Waals surface area contributed by atoms with Crippen LogP contribution in [0.3, 0.4) is 0 Å². The van der Waals surface area contributed by atoms with Gasteiger partial charge in [0.1, 0.15) is 5.82 Å². The highest BCUT2D eigenvalue weighted by Gasteiger charge is 2.16. The number of hydrogen-bond acceptors (Lipinski definition) is 4. The van der Waals surface area contributed by atoms with Crippen LogP contribution in [0.1, 0.15) is 36.9 Å². The molecule has 0 aliphatic carbocycles. The van der Waals surface area contributed by atoms with Crippen molar-refractivity contribution in [2.75, 3.05) is 36.8 Å². The fourth-order valence-corrected chi connectivity index (χ4v) is 3.94. The Morgan fingerprint density at radius 3 is 2.58 bits per heavy atom. The summed E-state index contributed by atoms with van der Waals surface area (Å²) in [7, 11) is 0. The van der Waals surface area contributed by atoms with E-state index in [1.807, 2.05) is 12.1 Å². The first-order valence-corrected chi connectivity index (χ1v) is 9.76. The second kappa shape index (κ2) is 7.92. The number of nitrogen functional groups attached to an aromatic ring is 1. The summed E-state index contributed by atoms with van der Waals surface area (Å²) in [5, 5.41) is 0. The third-order valence-electron chi connectivity index (χ3n) is 5.39. The van der Waals surface area contributed by atoms with Crippen LogP contribution in [0.15, 0.2) is 48.5 Å². The smallest absolute Gasteiger partial charge is 0.129 e. The summed E-state index contributed by atoms with van der Waals surface area (Å²) in [6.07, 6.45) is 7.32. The Morgan fingerprint density at radius 1 is 0.962 bits per heavy atom. The largest absolute Gasteiger partial charge is 0.399 e. The van der Waals surface area contributed by atoms with Crippen LogP contribution in [0.25, 0.3) is 5.57 Å². The molecule has 0 saturated carbocycles. The van der Waals surface area contributed by atoms with Crippen molar-refractivity contribution in [2.45, 2.75) is 32.2 Å². The minimum absolute atomic E-state index is 0.842. The fourth-order valence-electron chi connectivity index (χ4n) is 3.94. The van der Waals surface area contributed by atoms with Gasteiger partial charge in [-0.1, -0.05) is 24.3 Å². The minimum atomic E-state index is 0.842. The Bertz CT molecular complexity index is 777. The Morgan fingerprint density at radius 2 is 1.81 bits per heavy atom. The van der Waals surface area contributed by atoms with Gasteiger partial charge in [0.05, 0.1) is 5.69 Å². The van der Waals surface area contributed by atoms with Crippen molar-refractivity contribution >= 4 is 17.1 Å². The van der Waals surface area contributed by atoms with Crippen LogP contribution in [0.2, 0.25) is 0 Å². The highest BCUT2D eigenvalue weighted by atomic mass is 15.2. The molecule has 1 aromatic heterocycles. The summed E-state index contributed by atoms with van der Waals surface area (Å²) >= 11 is 0. The number of nitrogens with zero attached hydrogens (tertiary/aromatic N) is 3. The molecule has 0 bridgehead atoms. The summed E-state index contributed by atoms with van der Waals surface area (Å²) in [6.45, 7) is 5.28. The van der Waals surface area contributed by atoms with Crippen LogP contribution in [-0.2, 0) is 6.54 Å². The number of nitrogens with two attached hydrogens (primary N) is 1. The molecule has 1 saturated heterocycles. The van der Waals surface area contributed by atoms with Crippen molar-refractivity contribution in [1.29, 1.82) is 0 Å². The fraction of sp³-hybridized carbons (Fsp3) is 0.409. The summed E-state index contributed by atoms with van der Waals surface area (Å²) in [4.78, 5) is 9.86. The molecule has 3 heterocycles. The van der Waals surface area contributed by atoms with Crippen LogP contribution in [0, 0.1) is 0 Å². The van der Waals surface area contributed by atoms with Gasteiger partial charge in [-0.05, 0) is 61.1 Å². The lowest BCUT2D eigenvalue weighted by Crippen LogP contribution is -2.30. The van der Waals surface area contributed by atoms with Gasteiger partial charge in [-0.25, -0.2) is 4.98 Å². The van der Waals surface area contributed by atoms with Crippen LogP contribution >= 0.6 is 0 Å². The van der Waals surface area contributed by atoms with Crippen molar-refractivity contribution in [3.8, 4) is 0 Å². The van der Waals surface area contributed by atoms with Gasteiger partial charge in [0, 0.05) is 38.4 Å². The Labute approximate surface area is 156 Å². The maximum atomic E-state index is 5.89. The molecule has 4 rings (SSSR count). The molecule has 2 aromatic rings. The summed E-state index contributed by atoms with van der Waals surface area (Å²) < 4.78 is 0. The number of aromatic nitrogens is 1. The van der Waals surface area contributed by atoms with Gasteiger partial charge in [0.25, 0.3) is 0 Å². The standard InChI is InChI=1S/C22H28N4/c23-20-7-4-6-18(16-20)17-25-14-10-19(11-15-25)21-8-5-9-22(24-21)26-12-2-1-3-13-26/h4-10,16H,1-3,11-15,17,23H2. The van der Waals surface area contributed by atoms with Gasteiger partial charge in [0.2, 0.25) is 0 Å². The predicted molar refractivity (Wildman–Crippen MR) is 109 cm³/mol. The topological polar surface area (TPSA) is 45.4 Å². The lowest BCUT2D eigenvalue weighted by molar-refractivity contribution is 0.294. The van der Waals surface area contributed by atoms with Crippen molar-refractivity contribution in [1.82, 2.24) is 9.88 Å². The first-order chi connectivity index (χ1) is 12.8. The van der Waals surface area contributed by atoms with Gasteiger partial charge in [-0.2, -0.15) is 0 Å². The molecule has 4 heteroatoms. The normalized spacial score (nSPS) is 18.6. The van der Waals surface area contributed by atoms with E-state index in [1.54, 1.807) is 0 Å². The van der Waals surface area contributed by atoms with E-state index in [2.05, 4.69) is 46.2 Å². The van der Waals surface area contributed by atoms with Crippen molar-refractivity contribution in [2.24, 2.45) is 0 Å². The number of pyridine rings is 1. The molecular formula is C22H28N4. The molecule has 4 nitrogen and oxygen atoms in total. The minimum Gasteiger partial charge on any atom is -0.399 e. The molecule has 0 radical (unpaired) electrons. The van der Waals surface area contributed by atoms with Gasteiger partial charge in [-0.3, -0.25) is 4.90 Å². The quantitative estimate of drug-likeness (QED) is 0.850. The first-order valence-electron chi connectivity index (χ1n) is 9.76. The SMILES string of the molecule is Nc1cccc(CN2CC=C(c3cccc(N4CCCCC4)n3)CC2)c1.